The van der Waals surface area contributed by atoms with E-state index in [0.29, 0.717) is 50.2 Å². The molecule has 1 heterocycles. The molecule has 3 amide bonds. The number of hydrogen-bond acceptors (Lipinski definition) is 7. The summed E-state index contributed by atoms with van der Waals surface area (Å²) in [5, 5.41) is 27.4. The van der Waals surface area contributed by atoms with E-state index in [-0.39, 0.29) is 42.7 Å². The Bertz CT molecular complexity index is 1050. The van der Waals surface area contributed by atoms with E-state index in [4.69, 9.17) is 9.47 Å². The van der Waals surface area contributed by atoms with Gasteiger partial charge in [0.2, 0.25) is 11.8 Å². The van der Waals surface area contributed by atoms with Crippen molar-refractivity contribution in [3.05, 3.63) is 24.3 Å². The number of nitrogens with zero attached hydrogens (tertiary/aromatic N) is 1. The summed E-state index contributed by atoms with van der Waals surface area (Å²) in [7, 11) is 1.57. The number of aliphatic hydroxyl groups is 2. The summed E-state index contributed by atoms with van der Waals surface area (Å²) in [6.07, 6.45) is 1.60. The van der Waals surface area contributed by atoms with Crippen molar-refractivity contribution in [1.82, 2.24) is 10.2 Å². The zero-order chi connectivity index (χ0) is 28.4. The van der Waals surface area contributed by atoms with Crippen LogP contribution in [0.3, 0.4) is 0 Å². The molecule has 216 valence electrons. The third-order valence-electron chi connectivity index (χ3n) is 9.60. The number of rotatable bonds is 7. The lowest BCUT2D eigenvalue weighted by Gasteiger charge is -2.60. The Morgan fingerprint density at radius 2 is 1.82 bits per heavy atom. The third kappa shape index (κ3) is 6.01. The summed E-state index contributed by atoms with van der Waals surface area (Å²) in [5.41, 5.74) is -0.557. The second-order valence-electron chi connectivity index (χ2n) is 12.0. The number of carbonyl (C=O) groups is 3. The van der Waals surface area contributed by atoms with E-state index in [1.807, 2.05) is 6.92 Å². The van der Waals surface area contributed by atoms with Gasteiger partial charge in [-0.05, 0) is 73.6 Å². The number of methoxy groups -OCH3 is 1. The van der Waals surface area contributed by atoms with Crippen molar-refractivity contribution in [3.8, 4) is 5.75 Å². The normalized spacial score (nSPS) is 34.1. The van der Waals surface area contributed by atoms with Crippen LogP contribution in [0.5, 0.6) is 5.75 Å². The number of amides is 3. The minimum absolute atomic E-state index is 0.0169. The van der Waals surface area contributed by atoms with Gasteiger partial charge in [0.05, 0.1) is 19.8 Å². The lowest BCUT2D eigenvalue weighted by molar-refractivity contribution is -0.186. The number of fused-ring (bicyclic) bond motifs is 1. The molecule has 10 nitrogen and oxygen atoms in total. The Labute approximate surface area is 230 Å². The van der Waals surface area contributed by atoms with E-state index in [9.17, 15) is 24.6 Å². The maximum atomic E-state index is 13.3. The van der Waals surface area contributed by atoms with Crippen molar-refractivity contribution in [3.63, 3.8) is 0 Å². The first-order chi connectivity index (χ1) is 18.5. The second-order valence-corrected chi connectivity index (χ2v) is 12.0. The summed E-state index contributed by atoms with van der Waals surface area (Å²) in [6.45, 7) is 6.44. The van der Waals surface area contributed by atoms with Crippen LogP contribution >= 0.6 is 0 Å². The van der Waals surface area contributed by atoms with Crippen molar-refractivity contribution in [2.24, 2.45) is 22.7 Å². The molecule has 4 N–H and O–H groups in total. The molecule has 2 aliphatic carbocycles. The van der Waals surface area contributed by atoms with Gasteiger partial charge in [-0.2, -0.15) is 0 Å². The first kappa shape index (κ1) is 29.1. The molecule has 7 atom stereocenters. The molecule has 0 unspecified atom stereocenters. The average Bonchev–Trinajstić information content (AvgIpc) is 3.36. The number of ether oxygens (including phenoxy) is 2. The molecule has 3 fully saturated rings. The van der Waals surface area contributed by atoms with Gasteiger partial charge in [-0.15, -0.1) is 0 Å². The zero-order valence-electron chi connectivity index (χ0n) is 23.4. The van der Waals surface area contributed by atoms with Crippen LogP contribution in [0, 0.1) is 22.7 Å². The Hall–Kier alpha value is -2.85. The predicted octanol–water partition coefficient (Wildman–Crippen LogP) is 2.93. The van der Waals surface area contributed by atoms with E-state index in [1.165, 1.54) is 6.92 Å². The second kappa shape index (κ2) is 11.7. The van der Waals surface area contributed by atoms with Gasteiger partial charge in [-0.1, -0.05) is 13.8 Å². The molecule has 2 saturated carbocycles. The van der Waals surface area contributed by atoms with Crippen molar-refractivity contribution in [2.75, 3.05) is 32.1 Å². The average molecular weight is 546 g/mol. The fourth-order valence-corrected chi connectivity index (χ4v) is 7.44. The minimum atomic E-state index is -0.726. The van der Waals surface area contributed by atoms with Crippen LogP contribution in [0.1, 0.15) is 59.3 Å². The topological polar surface area (TPSA) is 137 Å². The van der Waals surface area contributed by atoms with Gasteiger partial charge in [0.25, 0.3) is 0 Å². The molecule has 0 spiro atoms. The molecular formula is C29H43N3O7. The van der Waals surface area contributed by atoms with Gasteiger partial charge >= 0.3 is 6.09 Å². The van der Waals surface area contributed by atoms with Crippen LogP contribution in [-0.2, 0) is 14.3 Å². The third-order valence-corrected chi connectivity index (χ3v) is 9.60. The Morgan fingerprint density at radius 1 is 1.10 bits per heavy atom. The quantitative estimate of drug-likeness (QED) is 0.413. The van der Waals surface area contributed by atoms with Crippen molar-refractivity contribution >= 4 is 23.6 Å². The van der Waals surface area contributed by atoms with Gasteiger partial charge in [0.15, 0.2) is 0 Å². The summed E-state index contributed by atoms with van der Waals surface area (Å²) >= 11 is 0. The van der Waals surface area contributed by atoms with Crippen LogP contribution in [0.15, 0.2) is 24.3 Å². The van der Waals surface area contributed by atoms with E-state index in [0.717, 1.165) is 6.42 Å². The monoisotopic (exact) mass is 545 g/mol. The van der Waals surface area contributed by atoms with E-state index >= 15 is 0 Å². The minimum Gasteiger partial charge on any atom is -0.497 e. The number of anilines is 1. The van der Waals surface area contributed by atoms with Gasteiger partial charge in [-0.25, -0.2) is 4.79 Å². The van der Waals surface area contributed by atoms with Crippen molar-refractivity contribution in [2.45, 2.75) is 77.5 Å². The number of nitrogens with one attached hydrogen (secondary N) is 2. The first-order valence-corrected chi connectivity index (χ1v) is 14.0. The van der Waals surface area contributed by atoms with Crippen LogP contribution in [0.4, 0.5) is 10.5 Å². The fourth-order valence-electron chi connectivity index (χ4n) is 7.44. The number of benzene rings is 1. The summed E-state index contributed by atoms with van der Waals surface area (Å²) in [4.78, 5) is 39.4. The number of aliphatic hydroxyl groups excluding tert-OH is 2. The molecule has 10 heteroatoms. The molecule has 0 radical (unpaired) electrons. The largest absolute Gasteiger partial charge is 0.497 e. The highest BCUT2D eigenvalue weighted by Gasteiger charge is 2.60. The number of likely N-dealkylation sites (tertiary alicyclic amines) is 1. The molecule has 1 aromatic rings. The summed E-state index contributed by atoms with van der Waals surface area (Å²) in [5.74, 6) is 0.236. The zero-order valence-corrected chi connectivity index (χ0v) is 23.4. The van der Waals surface area contributed by atoms with Crippen LogP contribution in [0.25, 0.3) is 0 Å². The number of carbonyl (C=O) groups excluding carboxylic acids is 3. The van der Waals surface area contributed by atoms with Crippen molar-refractivity contribution < 1.29 is 34.1 Å². The molecule has 0 aromatic heterocycles. The van der Waals surface area contributed by atoms with Crippen LogP contribution in [-0.4, -0.2) is 78.1 Å². The highest BCUT2D eigenvalue weighted by molar-refractivity contribution is 5.84. The molecule has 1 aliphatic heterocycles. The summed E-state index contributed by atoms with van der Waals surface area (Å²) < 4.78 is 11.1. The molecular weight excluding hydrogens is 502 g/mol. The molecule has 1 aromatic carbocycles. The molecule has 39 heavy (non-hydrogen) atoms. The lowest BCUT2D eigenvalue weighted by Crippen LogP contribution is -2.61. The summed E-state index contributed by atoms with van der Waals surface area (Å²) in [6, 6.07) is 6.91. The molecule has 3 aliphatic rings. The van der Waals surface area contributed by atoms with E-state index < -0.39 is 29.1 Å². The maximum Gasteiger partial charge on any atom is 0.411 e. The maximum absolute atomic E-state index is 13.3. The SMILES string of the molecule is COc1ccc(NC(=O)O[C@@H]2CC[C@]3(C)[C@H](CC[C@@H](O)[C@@H]3CC(=O)N3CC[C@H](NC(C)=O)C3)[C@]2(C)CO)cc1. The first-order valence-electron chi connectivity index (χ1n) is 14.0. The lowest BCUT2D eigenvalue weighted by atomic mass is 9.46. The predicted molar refractivity (Wildman–Crippen MR) is 145 cm³/mol. The Balaban J connectivity index is 1.44. The Morgan fingerprint density at radius 3 is 2.46 bits per heavy atom. The van der Waals surface area contributed by atoms with Crippen LogP contribution < -0.4 is 15.4 Å². The van der Waals surface area contributed by atoms with Gasteiger partial charge in [0, 0.05) is 43.6 Å². The highest BCUT2D eigenvalue weighted by Crippen LogP contribution is 2.61. The number of hydrogen-bond donors (Lipinski definition) is 4. The van der Waals surface area contributed by atoms with Crippen molar-refractivity contribution in [1.29, 1.82) is 0 Å². The molecule has 1 saturated heterocycles. The fraction of sp³-hybridized carbons (Fsp3) is 0.690. The standard InChI is InChI=1S/C29H43N3O7/c1-18(34)30-20-12-14-32(16-20)26(36)15-22-23(35)9-10-24-28(22,2)13-11-25(29(24,3)17-33)39-27(37)31-19-5-7-21(38-4)8-6-19/h5-8,20,22-25,33,35H,9-17H2,1-4H3,(H,30,34)(H,31,37)/t20-,22-,23+,24-,25+,28-,29-/m0/s1. The van der Waals surface area contributed by atoms with Gasteiger partial charge in [-0.3, -0.25) is 14.9 Å². The van der Waals surface area contributed by atoms with Crippen LogP contribution in [0.2, 0.25) is 0 Å². The molecule has 4 rings (SSSR count). The highest BCUT2D eigenvalue weighted by atomic mass is 16.6. The van der Waals surface area contributed by atoms with Gasteiger partial charge < -0.3 is 29.9 Å². The van der Waals surface area contributed by atoms with E-state index in [2.05, 4.69) is 17.6 Å². The molecule has 0 bridgehead atoms. The van der Waals surface area contributed by atoms with Gasteiger partial charge in [0.1, 0.15) is 11.9 Å². The Kier molecular flexibility index (Phi) is 8.75. The smallest absolute Gasteiger partial charge is 0.411 e. The van der Waals surface area contributed by atoms with E-state index in [1.54, 1.807) is 36.3 Å².